The van der Waals surface area contributed by atoms with E-state index in [-0.39, 0.29) is 31.7 Å². The Morgan fingerprint density at radius 1 is 1.30 bits per heavy atom. The molecule has 0 spiro atoms. The first-order chi connectivity index (χ1) is 15.9. The molecule has 2 aliphatic heterocycles. The number of nitrogens with zero attached hydrogens (tertiary/aromatic N) is 1. The van der Waals surface area contributed by atoms with Gasteiger partial charge in [-0.2, -0.15) is 0 Å². The average Bonchev–Trinajstić information content (AvgIpc) is 3.48. The van der Waals surface area contributed by atoms with Crippen LogP contribution in [0.2, 0.25) is 0 Å². The number of quaternary nitrogens is 1. The molecule has 2 aliphatic rings. The first-order valence-corrected chi connectivity index (χ1v) is 11.5. The van der Waals surface area contributed by atoms with Gasteiger partial charge in [-0.3, -0.25) is 9.69 Å². The molecule has 33 heavy (non-hydrogen) atoms. The summed E-state index contributed by atoms with van der Waals surface area (Å²) in [5.74, 6) is -1.37. The number of morpholine rings is 1. The molecule has 0 bridgehead atoms. The van der Waals surface area contributed by atoms with Gasteiger partial charge in [0.15, 0.2) is 11.9 Å². The highest BCUT2D eigenvalue weighted by Gasteiger charge is 2.35. The summed E-state index contributed by atoms with van der Waals surface area (Å²) in [5.41, 5.74) is 0.695. The molecule has 2 amide bonds. The number of amides is 2. The van der Waals surface area contributed by atoms with Crippen molar-refractivity contribution in [3.8, 4) is 0 Å². The number of hydroxylamine groups is 2. The van der Waals surface area contributed by atoms with Crippen LogP contribution in [0.1, 0.15) is 34.2 Å². The predicted octanol–water partition coefficient (Wildman–Crippen LogP) is 1.45. The second kappa shape index (κ2) is 10.5. The van der Waals surface area contributed by atoms with Gasteiger partial charge < -0.3 is 25.1 Å². The second-order valence-corrected chi connectivity index (χ2v) is 8.78. The van der Waals surface area contributed by atoms with Crippen molar-refractivity contribution in [2.24, 2.45) is 0 Å². The summed E-state index contributed by atoms with van der Waals surface area (Å²) in [6.45, 7) is 1.44. The zero-order valence-electron chi connectivity index (χ0n) is 17.8. The van der Waals surface area contributed by atoms with Crippen molar-refractivity contribution in [2.45, 2.75) is 25.0 Å². The number of benzene rings is 1. The molecule has 2 N–H and O–H groups in total. The number of thiophene rings is 1. The second-order valence-electron chi connectivity index (χ2n) is 7.84. The molecule has 4 rings (SSSR count). The Hall–Kier alpha value is -2.70. The van der Waals surface area contributed by atoms with Crippen LogP contribution < -0.4 is 15.3 Å². The van der Waals surface area contributed by atoms with Crippen molar-refractivity contribution < 1.29 is 33.3 Å². The third-order valence-electron chi connectivity index (χ3n) is 5.54. The molecule has 2 saturated heterocycles. The van der Waals surface area contributed by atoms with E-state index in [0.29, 0.717) is 35.8 Å². The standard InChI is InChI=1S/C22H24FN3O6S/c23-17-10-14(3-4-16(17)19-11-24-7-8-31-19)25-12-15(32-22(25)29)13-26(30)21(28)6-5-18(27)20-2-1-9-33-20/h1-4,9-10,15,19,24,26H,5-8,11-13H2. The van der Waals surface area contributed by atoms with E-state index in [1.165, 1.54) is 22.3 Å². The number of anilines is 1. The number of ketones is 1. The third-order valence-corrected chi connectivity index (χ3v) is 6.45. The Labute approximate surface area is 193 Å². The van der Waals surface area contributed by atoms with Gasteiger partial charge in [0.1, 0.15) is 12.4 Å². The molecule has 9 nitrogen and oxygen atoms in total. The number of hydrogen-bond donors (Lipinski definition) is 2. The molecular weight excluding hydrogens is 453 g/mol. The number of Topliss-reactive ketones (excluding diaryl/α,β-unsaturated/α-hetero) is 1. The highest BCUT2D eigenvalue weighted by molar-refractivity contribution is 7.12. The normalized spacial score (nSPS) is 21.6. The molecule has 2 fully saturated rings. The van der Waals surface area contributed by atoms with E-state index in [0.717, 1.165) is 0 Å². The van der Waals surface area contributed by atoms with Crippen LogP contribution in [0.5, 0.6) is 0 Å². The van der Waals surface area contributed by atoms with E-state index in [1.807, 2.05) is 0 Å². The van der Waals surface area contributed by atoms with Crippen LogP contribution in [0.4, 0.5) is 14.9 Å². The quantitative estimate of drug-likeness (QED) is 0.437. The number of rotatable bonds is 8. The summed E-state index contributed by atoms with van der Waals surface area (Å²) in [7, 11) is 0. The van der Waals surface area contributed by atoms with E-state index in [9.17, 15) is 24.0 Å². The summed E-state index contributed by atoms with van der Waals surface area (Å²) in [6, 6.07) is 7.82. The number of hydrogen-bond acceptors (Lipinski definition) is 8. The molecule has 3 atom stereocenters. The van der Waals surface area contributed by atoms with Crippen LogP contribution in [-0.4, -0.2) is 56.7 Å². The van der Waals surface area contributed by atoms with Crippen molar-refractivity contribution in [1.82, 2.24) is 5.32 Å². The van der Waals surface area contributed by atoms with E-state index >= 15 is 0 Å². The summed E-state index contributed by atoms with van der Waals surface area (Å²) < 4.78 is 25.5. The average molecular weight is 478 g/mol. The lowest BCUT2D eigenvalue weighted by atomic mass is 10.1. The van der Waals surface area contributed by atoms with Crippen molar-refractivity contribution in [1.29, 1.82) is 0 Å². The first kappa shape index (κ1) is 23.5. The minimum atomic E-state index is -0.824. The fourth-order valence-electron chi connectivity index (χ4n) is 3.80. The molecular formula is C22H24FN3O6S. The van der Waals surface area contributed by atoms with Crippen molar-refractivity contribution in [3.05, 3.63) is 57.2 Å². The molecule has 3 unspecified atom stereocenters. The molecule has 0 saturated carbocycles. The van der Waals surface area contributed by atoms with Gasteiger partial charge in [0.25, 0.3) is 0 Å². The molecule has 11 heteroatoms. The highest BCUT2D eigenvalue weighted by Crippen LogP contribution is 2.28. The third kappa shape index (κ3) is 5.63. The number of halogens is 1. The minimum Gasteiger partial charge on any atom is -0.627 e. The zero-order chi connectivity index (χ0) is 23.4. The molecule has 0 radical (unpaired) electrons. The fraction of sp³-hybridized carbons (Fsp3) is 0.409. The van der Waals surface area contributed by atoms with E-state index in [2.05, 4.69) is 5.32 Å². The molecule has 176 valence electrons. The maximum atomic E-state index is 14.7. The van der Waals surface area contributed by atoms with Crippen LogP contribution in [0.15, 0.2) is 35.7 Å². The lowest BCUT2D eigenvalue weighted by Gasteiger charge is -2.25. The predicted molar refractivity (Wildman–Crippen MR) is 118 cm³/mol. The highest BCUT2D eigenvalue weighted by atomic mass is 32.1. The fourth-order valence-corrected chi connectivity index (χ4v) is 4.49. The van der Waals surface area contributed by atoms with Gasteiger partial charge in [0.2, 0.25) is 0 Å². The van der Waals surface area contributed by atoms with Crippen molar-refractivity contribution in [3.63, 3.8) is 0 Å². The van der Waals surface area contributed by atoms with Gasteiger partial charge in [-0.25, -0.2) is 14.0 Å². The smallest absolute Gasteiger partial charge is 0.414 e. The van der Waals surface area contributed by atoms with Gasteiger partial charge in [0, 0.05) is 25.1 Å². The van der Waals surface area contributed by atoms with Crippen molar-refractivity contribution >= 4 is 34.8 Å². The van der Waals surface area contributed by atoms with Crippen LogP contribution in [-0.2, 0) is 14.3 Å². The van der Waals surface area contributed by atoms with Gasteiger partial charge >= 0.3 is 12.0 Å². The van der Waals surface area contributed by atoms with Gasteiger partial charge in [-0.1, -0.05) is 12.1 Å². The molecule has 3 heterocycles. The van der Waals surface area contributed by atoms with Gasteiger partial charge in [-0.15, -0.1) is 11.3 Å². The summed E-state index contributed by atoms with van der Waals surface area (Å²) >= 11 is 1.28. The Morgan fingerprint density at radius 3 is 2.85 bits per heavy atom. The monoisotopic (exact) mass is 477 g/mol. The summed E-state index contributed by atoms with van der Waals surface area (Å²) in [4.78, 5) is 38.2. The van der Waals surface area contributed by atoms with E-state index in [4.69, 9.17) is 9.47 Å². The Balaban J connectivity index is 1.31. The van der Waals surface area contributed by atoms with Crippen LogP contribution >= 0.6 is 11.3 Å². The Kier molecular flexibility index (Phi) is 7.46. The minimum absolute atomic E-state index is 0.0201. The number of ether oxygens (including phenoxy) is 2. The van der Waals surface area contributed by atoms with E-state index < -0.39 is 35.1 Å². The van der Waals surface area contributed by atoms with E-state index in [1.54, 1.807) is 29.6 Å². The molecule has 0 aliphatic carbocycles. The zero-order valence-corrected chi connectivity index (χ0v) is 18.6. The largest absolute Gasteiger partial charge is 0.627 e. The van der Waals surface area contributed by atoms with Gasteiger partial charge in [-0.05, 0) is 23.6 Å². The number of cyclic esters (lactones) is 1. The number of carbonyl (C=O) groups excluding carboxylic acids is 3. The SMILES string of the molecule is O=C(CCC(=O)[NH+]([O-])CC1CN(c2ccc(C3CNCCO3)c(F)c2)C(=O)O1)c1cccs1. The Morgan fingerprint density at radius 2 is 2.15 bits per heavy atom. The molecule has 2 aromatic rings. The maximum absolute atomic E-state index is 14.7. The Bertz CT molecular complexity index is 1010. The van der Waals surface area contributed by atoms with Crippen LogP contribution in [0.25, 0.3) is 0 Å². The molecule has 1 aromatic heterocycles. The van der Waals surface area contributed by atoms with Crippen molar-refractivity contribution in [2.75, 3.05) is 37.7 Å². The first-order valence-electron chi connectivity index (χ1n) is 10.6. The lowest BCUT2D eigenvalue weighted by Crippen LogP contribution is -3.11. The van der Waals surface area contributed by atoms with Gasteiger partial charge in [0.05, 0.1) is 36.2 Å². The molecule has 1 aromatic carbocycles. The lowest BCUT2D eigenvalue weighted by molar-refractivity contribution is -0.769. The maximum Gasteiger partial charge on any atom is 0.414 e. The summed E-state index contributed by atoms with van der Waals surface area (Å²) in [5, 5.41) is 16.5. The summed E-state index contributed by atoms with van der Waals surface area (Å²) in [6.07, 6.45) is -2.18. The van der Waals surface area contributed by atoms with Crippen LogP contribution in [0.3, 0.4) is 0 Å². The number of nitrogens with one attached hydrogen (secondary N) is 2. The van der Waals surface area contributed by atoms with Crippen LogP contribution in [0, 0.1) is 11.0 Å². The topological polar surface area (TPSA) is 112 Å². The number of carbonyl (C=O) groups is 3.